The zero-order valence-electron chi connectivity index (χ0n) is 17.8. The van der Waals surface area contributed by atoms with Gasteiger partial charge in [0, 0.05) is 0 Å². The number of amides is 3. The van der Waals surface area contributed by atoms with Gasteiger partial charge in [-0.3, -0.25) is 9.69 Å². The summed E-state index contributed by atoms with van der Waals surface area (Å²) in [7, 11) is 1.23. The number of ether oxygens (including phenoxy) is 2. The van der Waals surface area contributed by atoms with Gasteiger partial charge in [0.1, 0.15) is 29.6 Å². The first kappa shape index (κ1) is 23.5. The molecular weight excluding hydrogens is 558 g/mol. The molecule has 0 atom stereocenters. The number of furan rings is 1. The first-order chi connectivity index (χ1) is 16.3. The zero-order chi connectivity index (χ0) is 24.2. The number of urea groups is 1. The summed E-state index contributed by atoms with van der Waals surface area (Å²) >= 11 is 2.10. The highest BCUT2D eigenvalue weighted by Gasteiger charge is 2.34. The minimum atomic E-state index is -0.651. The number of hydrogen-bond donors (Lipinski definition) is 1. The molecule has 34 heavy (non-hydrogen) atoms. The van der Waals surface area contributed by atoms with Gasteiger partial charge in [-0.05, 0) is 76.2 Å². The molecule has 0 radical (unpaired) electrons. The topological polar surface area (TPSA) is 98.1 Å². The van der Waals surface area contributed by atoms with Crippen LogP contribution in [0.5, 0.6) is 5.75 Å². The molecule has 1 N–H and O–H groups in total. The van der Waals surface area contributed by atoms with E-state index in [9.17, 15) is 18.8 Å². The summed E-state index contributed by atoms with van der Waals surface area (Å²) < 4.78 is 29.8. The Morgan fingerprint density at radius 2 is 2.00 bits per heavy atom. The molecule has 3 amide bonds. The quantitative estimate of drug-likeness (QED) is 0.193. The van der Waals surface area contributed by atoms with E-state index in [0.717, 1.165) is 8.47 Å². The van der Waals surface area contributed by atoms with Crippen LogP contribution in [-0.2, 0) is 22.7 Å². The number of rotatable bonds is 7. The molecule has 0 unspecified atom stereocenters. The molecule has 1 aliphatic rings. The van der Waals surface area contributed by atoms with Gasteiger partial charge in [0.05, 0.1) is 17.2 Å². The van der Waals surface area contributed by atoms with Crippen LogP contribution in [0.3, 0.4) is 0 Å². The SMILES string of the molecule is COC(=O)c1ccc(CN2C(=O)N/C(=C\c3ccc(OCc4cccc(F)c4)c(I)c3)C2=O)o1. The van der Waals surface area contributed by atoms with E-state index in [1.165, 1.54) is 31.4 Å². The second kappa shape index (κ2) is 10.1. The Labute approximate surface area is 207 Å². The van der Waals surface area contributed by atoms with Crippen LogP contribution >= 0.6 is 22.6 Å². The van der Waals surface area contributed by atoms with E-state index in [1.54, 1.807) is 36.4 Å². The Morgan fingerprint density at radius 1 is 1.18 bits per heavy atom. The molecule has 3 aromatic rings. The Kier molecular flexibility index (Phi) is 6.96. The number of esters is 1. The van der Waals surface area contributed by atoms with Gasteiger partial charge >= 0.3 is 12.0 Å². The number of halogens is 2. The van der Waals surface area contributed by atoms with Crippen molar-refractivity contribution in [2.45, 2.75) is 13.2 Å². The first-order valence-electron chi connectivity index (χ1n) is 10.0. The summed E-state index contributed by atoms with van der Waals surface area (Å²) in [5.41, 5.74) is 1.49. The number of benzene rings is 2. The van der Waals surface area contributed by atoms with E-state index in [0.29, 0.717) is 16.9 Å². The largest absolute Gasteiger partial charge is 0.488 e. The molecule has 174 valence electrons. The predicted octanol–water partition coefficient (Wildman–Crippen LogP) is 4.48. The van der Waals surface area contributed by atoms with Gasteiger partial charge in [0.25, 0.3) is 5.91 Å². The second-order valence-electron chi connectivity index (χ2n) is 7.25. The number of nitrogens with one attached hydrogen (secondary N) is 1. The average Bonchev–Trinajstić information content (AvgIpc) is 3.38. The Morgan fingerprint density at radius 3 is 2.74 bits per heavy atom. The first-order valence-corrected chi connectivity index (χ1v) is 11.1. The van der Waals surface area contributed by atoms with Gasteiger partial charge in [0.15, 0.2) is 0 Å². The van der Waals surface area contributed by atoms with Crippen LogP contribution < -0.4 is 10.1 Å². The van der Waals surface area contributed by atoms with Crippen molar-refractivity contribution < 1.29 is 32.7 Å². The van der Waals surface area contributed by atoms with Crippen molar-refractivity contribution in [3.05, 3.63) is 92.3 Å². The van der Waals surface area contributed by atoms with E-state index in [4.69, 9.17) is 9.15 Å². The molecule has 8 nitrogen and oxygen atoms in total. The zero-order valence-corrected chi connectivity index (χ0v) is 20.0. The molecule has 2 aromatic carbocycles. The lowest BCUT2D eigenvalue weighted by Gasteiger charge is -2.10. The molecule has 4 rings (SSSR count). The average molecular weight is 576 g/mol. The highest BCUT2D eigenvalue weighted by Crippen LogP contribution is 2.25. The third kappa shape index (κ3) is 5.28. The summed E-state index contributed by atoms with van der Waals surface area (Å²) in [5, 5.41) is 2.55. The minimum Gasteiger partial charge on any atom is -0.488 e. The molecule has 0 aliphatic carbocycles. The third-order valence-corrected chi connectivity index (χ3v) is 5.72. The van der Waals surface area contributed by atoms with E-state index >= 15 is 0 Å². The number of carbonyl (C=O) groups is 3. The molecule has 1 fully saturated rings. The van der Waals surface area contributed by atoms with E-state index in [-0.39, 0.29) is 36.2 Å². The van der Waals surface area contributed by atoms with Crippen molar-refractivity contribution in [2.75, 3.05) is 7.11 Å². The fourth-order valence-corrected chi connectivity index (χ4v) is 3.92. The number of methoxy groups -OCH3 is 1. The highest BCUT2D eigenvalue weighted by atomic mass is 127. The number of imide groups is 1. The van der Waals surface area contributed by atoms with Gasteiger partial charge in [0.2, 0.25) is 5.76 Å². The van der Waals surface area contributed by atoms with Gasteiger partial charge in [-0.25, -0.2) is 14.0 Å². The molecule has 1 aliphatic heterocycles. The minimum absolute atomic E-state index is 0.0189. The summed E-state index contributed by atoms with van der Waals surface area (Å²) in [6, 6.07) is 13.8. The molecule has 0 bridgehead atoms. The van der Waals surface area contributed by atoms with Crippen LogP contribution in [0.4, 0.5) is 9.18 Å². The molecule has 1 aromatic heterocycles. The van der Waals surface area contributed by atoms with Crippen molar-refractivity contribution >= 4 is 46.6 Å². The van der Waals surface area contributed by atoms with Crippen LogP contribution in [0.15, 0.2) is 64.7 Å². The van der Waals surface area contributed by atoms with Gasteiger partial charge < -0.3 is 19.2 Å². The van der Waals surface area contributed by atoms with Crippen molar-refractivity contribution in [1.29, 1.82) is 0 Å². The van der Waals surface area contributed by atoms with Crippen LogP contribution in [0, 0.1) is 9.39 Å². The number of carbonyl (C=O) groups excluding carboxylic acids is 3. The molecular formula is C24H18FIN2O6. The highest BCUT2D eigenvalue weighted by molar-refractivity contribution is 14.1. The Bertz CT molecular complexity index is 1300. The smallest absolute Gasteiger partial charge is 0.373 e. The summed E-state index contributed by atoms with van der Waals surface area (Å²) in [5.74, 6) is -0.653. The number of nitrogens with zero attached hydrogens (tertiary/aromatic N) is 1. The van der Waals surface area contributed by atoms with Crippen LogP contribution in [0.25, 0.3) is 6.08 Å². The van der Waals surface area contributed by atoms with Gasteiger partial charge in [-0.15, -0.1) is 0 Å². The van der Waals surface area contributed by atoms with Crippen LogP contribution in [-0.4, -0.2) is 29.9 Å². The lowest BCUT2D eigenvalue weighted by atomic mass is 10.2. The molecule has 0 spiro atoms. The molecule has 2 heterocycles. The van der Waals surface area contributed by atoms with Crippen molar-refractivity contribution in [1.82, 2.24) is 10.2 Å². The van der Waals surface area contributed by atoms with Gasteiger partial charge in [-0.2, -0.15) is 0 Å². The van der Waals surface area contributed by atoms with Crippen molar-refractivity contribution in [3.8, 4) is 5.75 Å². The lowest BCUT2D eigenvalue weighted by molar-refractivity contribution is -0.123. The fraction of sp³-hybridized carbons (Fsp3) is 0.125. The van der Waals surface area contributed by atoms with Crippen molar-refractivity contribution in [3.63, 3.8) is 0 Å². The van der Waals surface area contributed by atoms with Crippen LogP contribution in [0.2, 0.25) is 0 Å². The van der Waals surface area contributed by atoms with E-state index < -0.39 is 17.9 Å². The molecule has 0 saturated carbocycles. The van der Waals surface area contributed by atoms with Gasteiger partial charge in [-0.1, -0.05) is 18.2 Å². The predicted molar refractivity (Wildman–Crippen MR) is 127 cm³/mol. The third-order valence-electron chi connectivity index (χ3n) is 4.87. The maximum Gasteiger partial charge on any atom is 0.373 e. The normalized spacial score (nSPS) is 14.4. The molecule has 10 heteroatoms. The summed E-state index contributed by atoms with van der Waals surface area (Å²) in [6.45, 7) is 0.0750. The number of hydrogen-bond acceptors (Lipinski definition) is 6. The second-order valence-corrected chi connectivity index (χ2v) is 8.41. The maximum atomic E-state index is 13.3. The lowest BCUT2D eigenvalue weighted by Crippen LogP contribution is -2.30. The van der Waals surface area contributed by atoms with E-state index in [1.807, 2.05) is 0 Å². The maximum absolute atomic E-state index is 13.3. The summed E-state index contributed by atoms with van der Waals surface area (Å²) in [6.07, 6.45) is 1.56. The Hall–Kier alpha value is -3.67. The van der Waals surface area contributed by atoms with Crippen LogP contribution in [0.1, 0.15) is 27.4 Å². The van der Waals surface area contributed by atoms with E-state index in [2.05, 4.69) is 32.6 Å². The molecule has 1 saturated heterocycles. The summed E-state index contributed by atoms with van der Waals surface area (Å²) in [4.78, 5) is 37.6. The monoisotopic (exact) mass is 576 g/mol. The van der Waals surface area contributed by atoms with Crippen molar-refractivity contribution in [2.24, 2.45) is 0 Å². The Balaban J connectivity index is 1.43. The fourth-order valence-electron chi connectivity index (χ4n) is 3.22. The standard InChI is InChI=1S/C24H18FIN2O6/c1-32-23(30)21-8-6-17(34-21)12-28-22(29)19(27-24(28)31)11-14-5-7-20(18(26)10-14)33-13-15-3-2-4-16(25)9-15/h2-11H,12-13H2,1H3,(H,27,31)/b19-11-.